The molecule has 0 aliphatic heterocycles. The van der Waals surface area contributed by atoms with Crippen LogP contribution in [0.25, 0.3) is 0 Å². The van der Waals surface area contributed by atoms with Crippen LogP contribution in [0.5, 0.6) is 0 Å². The maximum absolute atomic E-state index is 5.25. The standard InChI is InChI=1S/C5H11N3/c1-4(2)8-5(6)7-3/h4H,3H2,1-2H3,(H2,6,8)/p+1. The Hall–Kier alpha value is -0.950. The van der Waals surface area contributed by atoms with Crippen LogP contribution in [0, 0.1) is 0 Å². The molecule has 0 radical (unpaired) electrons. The van der Waals surface area contributed by atoms with Gasteiger partial charge in [-0.1, -0.05) is 0 Å². The summed E-state index contributed by atoms with van der Waals surface area (Å²) in [6, 6.07) is 0.334. The maximum atomic E-state index is 5.25. The van der Waals surface area contributed by atoms with Crippen molar-refractivity contribution in [2.45, 2.75) is 19.9 Å². The molecule has 0 aromatic heterocycles. The molecule has 8 heavy (non-hydrogen) atoms. The van der Waals surface area contributed by atoms with Crippen molar-refractivity contribution in [2.75, 3.05) is 0 Å². The molecule has 0 fully saturated rings. The largest absolute Gasteiger partial charge is 0.435 e. The van der Waals surface area contributed by atoms with Crippen LogP contribution >= 0.6 is 0 Å². The number of guanidine groups is 1. The molecule has 0 aliphatic carbocycles. The highest BCUT2D eigenvalue weighted by Gasteiger charge is 1.99. The lowest BCUT2D eigenvalue weighted by Crippen LogP contribution is -2.38. The molecule has 0 bridgehead atoms. The van der Waals surface area contributed by atoms with E-state index in [1.54, 1.807) is 0 Å². The van der Waals surface area contributed by atoms with Crippen LogP contribution in [-0.4, -0.2) is 18.7 Å². The molecule has 3 N–H and O–H groups in total. The molecule has 0 spiro atoms. The van der Waals surface area contributed by atoms with E-state index in [1.807, 2.05) is 13.8 Å². The van der Waals surface area contributed by atoms with Crippen molar-refractivity contribution in [1.82, 2.24) is 9.98 Å². The Kier molecular flexibility index (Phi) is 2.74. The van der Waals surface area contributed by atoms with E-state index in [0.29, 0.717) is 12.0 Å². The van der Waals surface area contributed by atoms with Crippen molar-refractivity contribution >= 4 is 12.7 Å². The Balaban J connectivity index is 3.56. The molecule has 0 atom stereocenters. The molecule has 46 valence electrons. The maximum Gasteiger partial charge on any atom is 0.435 e. The van der Waals surface area contributed by atoms with Crippen LogP contribution in [0.3, 0.4) is 0 Å². The Morgan fingerprint density at radius 1 is 1.75 bits per heavy atom. The van der Waals surface area contributed by atoms with Gasteiger partial charge >= 0.3 is 5.96 Å². The van der Waals surface area contributed by atoms with Gasteiger partial charge in [0.1, 0.15) is 6.72 Å². The summed E-state index contributed by atoms with van der Waals surface area (Å²) < 4.78 is 3.46. The number of nitrogens with one attached hydrogen (secondary N) is 1. The van der Waals surface area contributed by atoms with Gasteiger partial charge in [-0.15, -0.1) is 0 Å². The lowest BCUT2D eigenvalue weighted by Gasteiger charge is -1.96. The first kappa shape index (κ1) is 7.05. The summed E-state index contributed by atoms with van der Waals surface area (Å²) in [7, 11) is 0. The zero-order valence-electron chi connectivity index (χ0n) is 5.31. The zero-order chi connectivity index (χ0) is 6.57. The summed E-state index contributed by atoms with van der Waals surface area (Å²) in [5.41, 5.74) is 5.25. The van der Waals surface area contributed by atoms with E-state index in [9.17, 15) is 0 Å². The van der Waals surface area contributed by atoms with Gasteiger partial charge in [-0.3, -0.25) is 15.7 Å². The van der Waals surface area contributed by atoms with E-state index >= 15 is 0 Å². The average molecular weight is 114 g/mol. The Morgan fingerprint density at radius 2 is 2.25 bits per heavy atom. The Bertz CT molecular complexity index is 111. The fraction of sp³-hybridized carbons (Fsp3) is 0.600. The van der Waals surface area contributed by atoms with Crippen LogP contribution in [0.4, 0.5) is 0 Å². The summed E-state index contributed by atoms with van der Waals surface area (Å²) in [6.45, 7) is 7.21. The molecule has 3 heteroatoms. The zero-order valence-corrected chi connectivity index (χ0v) is 5.31. The minimum atomic E-state index is 0.334. The molecule has 0 rings (SSSR count). The molecular formula is C5H12N3+. The van der Waals surface area contributed by atoms with Gasteiger partial charge in [0.05, 0.1) is 6.04 Å². The highest BCUT2D eigenvalue weighted by molar-refractivity contribution is 5.77. The molecule has 0 saturated heterocycles. The number of hydrogen-bond donors (Lipinski definition) is 2. The van der Waals surface area contributed by atoms with Gasteiger partial charge in [0, 0.05) is 0 Å². The molecule has 0 amide bonds. The monoisotopic (exact) mass is 114 g/mol. The van der Waals surface area contributed by atoms with Crippen molar-refractivity contribution < 1.29 is 0 Å². The van der Waals surface area contributed by atoms with E-state index in [0.717, 1.165) is 0 Å². The third-order valence-electron chi connectivity index (χ3n) is 0.607. The second kappa shape index (κ2) is 3.10. The third-order valence-corrected chi connectivity index (χ3v) is 0.607. The second-order valence-corrected chi connectivity index (χ2v) is 1.84. The van der Waals surface area contributed by atoms with Crippen LogP contribution in [0.2, 0.25) is 0 Å². The van der Waals surface area contributed by atoms with E-state index in [1.165, 1.54) is 0 Å². The molecular weight excluding hydrogens is 102 g/mol. The number of hydrogen-bond acceptors (Lipinski definition) is 0. The lowest BCUT2D eigenvalue weighted by atomic mass is 10.4. The summed E-state index contributed by atoms with van der Waals surface area (Å²) in [5, 5.41) is 2.86. The molecule has 0 heterocycles. The van der Waals surface area contributed by atoms with Crippen molar-refractivity contribution in [3.8, 4) is 0 Å². The van der Waals surface area contributed by atoms with Crippen LogP contribution < -0.4 is 15.7 Å². The first-order chi connectivity index (χ1) is 3.66. The van der Waals surface area contributed by atoms with Crippen LogP contribution in [0.15, 0.2) is 0 Å². The number of rotatable bonds is 1. The number of nitrogens with zero attached hydrogens (tertiary/aromatic N) is 1. The van der Waals surface area contributed by atoms with Crippen molar-refractivity contribution in [2.24, 2.45) is 5.73 Å². The van der Waals surface area contributed by atoms with Crippen LogP contribution in [0.1, 0.15) is 13.8 Å². The summed E-state index contributed by atoms with van der Waals surface area (Å²) in [4.78, 5) is 0. The van der Waals surface area contributed by atoms with Gasteiger partial charge in [-0.2, -0.15) is 0 Å². The van der Waals surface area contributed by atoms with Gasteiger partial charge in [0.15, 0.2) is 0 Å². The van der Waals surface area contributed by atoms with E-state index in [-0.39, 0.29) is 0 Å². The van der Waals surface area contributed by atoms with Gasteiger partial charge in [0.2, 0.25) is 0 Å². The smallest absolute Gasteiger partial charge is 0.277 e. The van der Waals surface area contributed by atoms with E-state index in [4.69, 9.17) is 5.73 Å². The molecule has 0 aromatic carbocycles. The van der Waals surface area contributed by atoms with Gasteiger partial charge in [0.25, 0.3) is 0 Å². The Labute approximate surface area is 49.3 Å². The number of nitrogens with two attached hydrogens (primary N) is 1. The summed E-state index contributed by atoms with van der Waals surface area (Å²) >= 11 is 0. The highest BCUT2D eigenvalue weighted by atomic mass is 15.1. The third kappa shape index (κ3) is 3.25. The second-order valence-electron chi connectivity index (χ2n) is 1.84. The van der Waals surface area contributed by atoms with Crippen LogP contribution in [-0.2, 0) is 0 Å². The normalized spacial score (nSPS) is 8.38. The Morgan fingerprint density at radius 3 is 2.38 bits per heavy atom. The molecule has 0 saturated carbocycles. The van der Waals surface area contributed by atoms with Crippen molar-refractivity contribution in [3.63, 3.8) is 0 Å². The topological polar surface area (TPSA) is 52.2 Å². The summed E-state index contributed by atoms with van der Waals surface area (Å²) in [5.74, 6) is 0.389. The molecule has 0 aliphatic rings. The molecule has 0 unspecified atom stereocenters. The van der Waals surface area contributed by atoms with Crippen molar-refractivity contribution in [3.05, 3.63) is 0 Å². The van der Waals surface area contributed by atoms with Crippen molar-refractivity contribution in [1.29, 1.82) is 0 Å². The minimum Gasteiger partial charge on any atom is -0.277 e. The quantitative estimate of drug-likeness (QED) is 0.263. The predicted molar refractivity (Wildman–Crippen MR) is 36.7 cm³/mol. The SMILES string of the molecule is C=[N+]=C(N)NC(C)C. The fourth-order valence-corrected chi connectivity index (χ4v) is 0.341. The average Bonchev–Trinajstić information content (AvgIpc) is 1.65. The minimum absolute atomic E-state index is 0.334. The van der Waals surface area contributed by atoms with E-state index < -0.39 is 0 Å². The first-order valence-electron chi connectivity index (χ1n) is 2.52. The lowest BCUT2D eigenvalue weighted by molar-refractivity contribution is 0.728. The fourth-order valence-electron chi connectivity index (χ4n) is 0.341. The predicted octanol–water partition coefficient (Wildman–Crippen LogP) is -0.933. The summed E-state index contributed by atoms with van der Waals surface area (Å²) in [6.07, 6.45) is 0. The van der Waals surface area contributed by atoms with E-state index in [2.05, 4.69) is 16.7 Å². The van der Waals surface area contributed by atoms with Gasteiger partial charge in [-0.25, -0.2) is 0 Å². The highest BCUT2D eigenvalue weighted by Crippen LogP contribution is 1.69. The molecule has 0 aromatic rings. The first-order valence-corrected chi connectivity index (χ1v) is 2.52. The van der Waals surface area contributed by atoms with Gasteiger partial charge < -0.3 is 0 Å². The molecule has 3 nitrogen and oxygen atoms in total. The van der Waals surface area contributed by atoms with Gasteiger partial charge in [-0.05, 0) is 13.8 Å².